The van der Waals surface area contributed by atoms with Crippen molar-refractivity contribution in [1.29, 1.82) is 0 Å². The maximum Gasteiger partial charge on any atom is 0.416 e. The van der Waals surface area contributed by atoms with E-state index in [1.165, 1.54) is 49.3 Å². The van der Waals surface area contributed by atoms with Crippen LogP contribution in [-0.2, 0) is 12.4 Å². The van der Waals surface area contributed by atoms with Gasteiger partial charge in [-0.15, -0.1) is 0 Å². The second-order valence-corrected chi connectivity index (χ2v) is 20.9. The first-order valence-corrected chi connectivity index (χ1v) is 27.4. The molecule has 10 rings (SSSR count). The lowest BCUT2D eigenvalue weighted by Crippen LogP contribution is -2.34. The van der Waals surface area contributed by atoms with Crippen LogP contribution in [-0.4, -0.2) is 142 Å². The summed E-state index contributed by atoms with van der Waals surface area (Å²) in [5.41, 5.74) is -0.616. The van der Waals surface area contributed by atoms with Gasteiger partial charge in [-0.3, -0.25) is 9.59 Å². The van der Waals surface area contributed by atoms with E-state index in [4.69, 9.17) is 9.47 Å². The molecule has 0 saturated carbocycles. The van der Waals surface area contributed by atoms with E-state index in [0.29, 0.717) is 58.6 Å². The Labute approximate surface area is 500 Å². The van der Waals surface area contributed by atoms with E-state index in [1.807, 2.05) is 23.9 Å². The number of anilines is 6. The zero-order chi connectivity index (χ0) is 63.2. The minimum atomic E-state index is -4.65. The fourth-order valence-electron chi connectivity index (χ4n) is 9.93. The third-order valence-corrected chi connectivity index (χ3v) is 14.8. The van der Waals surface area contributed by atoms with Crippen molar-refractivity contribution in [3.8, 4) is 46.0 Å². The van der Waals surface area contributed by atoms with Crippen molar-refractivity contribution < 1.29 is 54.2 Å². The third-order valence-electron chi connectivity index (χ3n) is 14.8. The quantitative estimate of drug-likeness (QED) is 0.0661. The SMILES string of the molecule is CNc1ncnc(-c2cccnc2Oc2cc(C(=O)Nc3cc(C(F)(F)F)ccc3N(C)[C@@H]3CCN(C)C3)c(F)cc2C)n1.CNc1ncnc(-c2cccnc2Oc2cc(C(=O)Nc3cc(C(F)(F)F)ccc3N(C)[C@H]3CCN(C)C3)c(F)cc2C)n1. The number of aromatic nitrogens is 8. The molecule has 0 radical (unpaired) electrons. The number of hydrogen-bond acceptors (Lipinski definition) is 18. The van der Waals surface area contributed by atoms with Crippen molar-refractivity contribution in [3.05, 3.63) is 155 Å². The van der Waals surface area contributed by atoms with Gasteiger partial charge in [-0.2, -0.15) is 36.3 Å². The van der Waals surface area contributed by atoms with Crippen LogP contribution < -0.4 is 40.5 Å². The van der Waals surface area contributed by atoms with Gasteiger partial charge in [0.2, 0.25) is 23.7 Å². The molecule has 2 fully saturated rings. The van der Waals surface area contributed by atoms with E-state index < -0.39 is 58.1 Å². The first kappa shape index (κ1) is 62.8. The van der Waals surface area contributed by atoms with E-state index in [2.05, 4.69) is 70.9 Å². The van der Waals surface area contributed by atoms with Gasteiger partial charge in [0.05, 0.1) is 56.1 Å². The molecule has 88 heavy (non-hydrogen) atoms. The van der Waals surface area contributed by atoms with Gasteiger partial charge in [0, 0.05) is 65.8 Å². The predicted octanol–water partition coefficient (Wildman–Crippen LogP) is 11.3. The van der Waals surface area contributed by atoms with Crippen LogP contribution in [0.25, 0.3) is 22.8 Å². The summed E-state index contributed by atoms with van der Waals surface area (Å²) < 4.78 is 124. The number of carbonyl (C=O) groups excluding carboxylic acids is 2. The number of pyridine rings is 2. The second kappa shape index (κ2) is 26.5. The van der Waals surface area contributed by atoms with Crippen LogP contribution >= 0.6 is 0 Å². The van der Waals surface area contributed by atoms with Crippen LogP contribution in [0.1, 0.15) is 55.8 Å². The fraction of sp³-hybridized carbons (Fsp3) is 0.300. The number of halogens is 8. The summed E-state index contributed by atoms with van der Waals surface area (Å²) in [5, 5.41) is 10.7. The number of likely N-dealkylation sites (N-methyl/N-ethyl adjacent to an activating group) is 4. The lowest BCUT2D eigenvalue weighted by Gasteiger charge is -2.29. The lowest BCUT2D eigenvalue weighted by molar-refractivity contribution is -0.138. The molecule has 6 heterocycles. The van der Waals surface area contributed by atoms with Gasteiger partial charge in [0.25, 0.3) is 11.8 Å². The molecule has 28 heteroatoms. The fourth-order valence-corrected chi connectivity index (χ4v) is 9.93. The monoisotopic (exact) mass is 1220 g/mol. The number of carbonyl (C=O) groups is 2. The number of aryl methyl sites for hydroxylation is 2. The molecule has 8 aromatic rings. The number of amides is 2. The van der Waals surface area contributed by atoms with Gasteiger partial charge < -0.3 is 50.3 Å². The molecule has 2 saturated heterocycles. The summed E-state index contributed by atoms with van der Waals surface area (Å²) >= 11 is 0. The number of nitrogens with zero attached hydrogens (tertiary/aromatic N) is 12. The van der Waals surface area contributed by atoms with E-state index in [9.17, 15) is 35.9 Å². The first-order valence-electron chi connectivity index (χ1n) is 27.4. The Bertz CT molecular complexity index is 3610. The molecule has 4 N–H and O–H groups in total. The van der Waals surface area contributed by atoms with Crippen molar-refractivity contribution >= 4 is 46.5 Å². The average Bonchev–Trinajstić information content (AvgIpc) is 3.21. The van der Waals surface area contributed by atoms with Crippen LogP contribution in [0.15, 0.2) is 110 Å². The largest absolute Gasteiger partial charge is 0.438 e. The van der Waals surface area contributed by atoms with E-state index in [1.54, 1.807) is 66.3 Å². The number of benzene rings is 4. The number of rotatable bonds is 16. The zero-order valence-electron chi connectivity index (χ0n) is 48.8. The number of nitrogens with one attached hydrogen (secondary N) is 4. The van der Waals surface area contributed by atoms with Crippen molar-refractivity contribution in [3.63, 3.8) is 0 Å². The summed E-state index contributed by atoms with van der Waals surface area (Å²) in [7, 11) is 10.7. The van der Waals surface area contributed by atoms with Gasteiger partial charge in [-0.1, -0.05) is 0 Å². The standard InChI is InChI=1S/2C30H30F4N8O2/c2*1-17-12-22(31)21(14-25(17)44-28-20(6-5-10-36-28)26-37-16-38-29(35-2)40-26)27(43)39-23-13-18(30(32,33)34)7-8-24(23)42(4)19-9-11-41(3)15-19/h2*5-8,10,12-14,16,19H,9,11,15H2,1-4H3,(H,39,43)(H,35,37,38,40)/t2*19-/m10/s1. The molecule has 0 spiro atoms. The maximum absolute atomic E-state index is 15.2. The van der Waals surface area contributed by atoms with Crippen molar-refractivity contribution in [2.24, 2.45) is 0 Å². The Kier molecular flexibility index (Phi) is 18.9. The summed E-state index contributed by atoms with van der Waals surface area (Å²) in [6, 6.07) is 17.6. The molecule has 0 aliphatic carbocycles. The van der Waals surface area contributed by atoms with E-state index >= 15 is 8.78 Å². The van der Waals surface area contributed by atoms with E-state index in [0.717, 1.165) is 62.3 Å². The maximum atomic E-state index is 15.2. The molecule has 4 aromatic heterocycles. The molecule has 2 amide bonds. The average molecular weight is 1220 g/mol. The second-order valence-electron chi connectivity index (χ2n) is 20.9. The Balaban J connectivity index is 0.000000209. The summed E-state index contributed by atoms with van der Waals surface area (Å²) in [6.45, 7) is 6.24. The van der Waals surface area contributed by atoms with Gasteiger partial charge >= 0.3 is 12.4 Å². The first-order chi connectivity index (χ1) is 41.9. The van der Waals surface area contributed by atoms with Crippen LogP contribution in [0.2, 0.25) is 0 Å². The van der Waals surface area contributed by atoms with Gasteiger partial charge in [-0.05, 0) is 150 Å². The molecule has 2 aliphatic rings. The predicted molar refractivity (Wildman–Crippen MR) is 315 cm³/mol. The minimum Gasteiger partial charge on any atom is -0.438 e. The van der Waals surface area contributed by atoms with Crippen molar-refractivity contribution in [2.45, 2.75) is 51.1 Å². The van der Waals surface area contributed by atoms with Crippen molar-refractivity contribution in [1.82, 2.24) is 49.7 Å². The topological polar surface area (TPSA) is 217 Å². The van der Waals surface area contributed by atoms with Gasteiger partial charge in [0.15, 0.2) is 11.6 Å². The Morgan fingerprint density at radius 2 is 0.966 bits per heavy atom. The molecule has 20 nitrogen and oxygen atoms in total. The van der Waals surface area contributed by atoms with Crippen LogP contribution in [0.3, 0.4) is 0 Å². The molecule has 4 aromatic carbocycles. The molecular weight excluding hydrogens is 1160 g/mol. The molecular formula is C60H60F8N16O4. The number of likely N-dealkylation sites (tertiary alicyclic amines) is 2. The highest BCUT2D eigenvalue weighted by molar-refractivity contribution is 6.07. The van der Waals surface area contributed by atoms with Crippen molar-refractivity contribution in [2.75, 3.05) is 99.5 Å². The lowest BCUT2D eigenvalue weighted by atomic mass is 10.1. The Morgan fingerprint density at radius 3 is 1.32 bits per heavy atom. The normalized spacial score (nSPS) is 15.2. The molecule has 460 valence electrons. The smallest absolute Gasteiger partial charge is 0.416 e. The highest BCUT2D eigenvalue weighted by atomic mass is 19.4. The minimum absolute atomic E-state index is 0.0182. The number of ether oxygens (including phenoxy) is 2. The van der Waals surface area contributed by atoms with Gasteiger partial charge in [0.1, 0.15) is 35.8 Å². The van der Waals surface area contributed by atoms with Gasteiger partial charge in [-0.25, -0.2) is 38.7 Å². The zero-order valence-corrected chi connectivity index (χ0v) is 48.8. The summed E-state index contributed by atoms with van der Waals surface area (Å²) in [6.07, 6.45) is -2.09. The van der Waals surface area contributed by atoms with E-state index in [-0.39, 0.29) is 58.4 Å². The highest BCUT2D eigenvalue weighted by Crippen LogP contribution is 2.41. The Morgan fingerprint density at radius 1 is 0.568 bits per heavy atom. The highest BCUT2D eigenvalue weighted by Gasteiger charge is 2.35. The van der Waals surface area contributed by atoms with Crippen LogP contribution in [0.5, 0.6) is 23.3 Å². The molecule has 0 bridgehead atoms. The number of hydrogen-bond donors (Lipinski definition) is 4. The number of alkyl halides is 6. The molecule has 2 atom stereocenters. The van der Waals surface area contributed by atoms with Crippen LogP contribution in [0, 0.1) is 25.5 Å². The third kappa shape index (κ3) is 14.6. The molecule has 2 aliphatic heterocycles. The Hall–Kier alpha value is -9.70. The summed E-state index contributed by atoms with van der Waals surface area (Å²) in [5.74, 6) is -2.07. The summed E-state index contributed by atoms with van der Waals surface area (Å²) in [4.78, 5) is 68.3. The van der Waals surface area contributed by atoms with Crippen LogP contribution in [0.4, 0.5) is 69.8 Å². The molecule has 0 unspecified atom stereocenters.